The lowest BCUT2D eigenvalue weighted by Gasteiger charge is -2.35. The first-order chi connectivity index (χ1) is 10.6. The quantitative estimate of drug-likeness (QED) is 0.868. The standard InChI is InChI=1S/C15H20ClN5O/c1-19-11-13(16)14(18-19)15(22)21-9-3-2-5-12(21)6-10-20-8-4-7-17-20/h4,7-8,11-12H,2-3,5-6,9-10H2,1H3/t12-/m0/s1. The average molecular weight is 322 g/mol. The molecule has 6 nitrogen and oxygen atoms in total. The molecular weight excluding hydrogens is 302 g/mol. The Labute approximate surface area is 134 Å². The largest absolute Gasteiger partial charge is 0.334 e. The summed E-state index contributed by atoms with van der Waals surface area (Å²) >= 11 is 6.12. The molecule has 0 radical (unpaired) electrons. The number of carbonyl (C=O) groups is 1. The first-order valence-corrected chi connectivity index (χ1v) is 8.00. The molecule has 0 saturated carbocycles. The summed E-state index contributed by atoms with van der Waals surface area (Å²) in [6.07, 6.45) is 9.51. The Kier molecular flexibility index (Phi) is 4.47. The van der Waals surface area contributed by atoms with Crippen LogP contribution in [0.5, 0.6) is 0 Å². The predicted octanol–water partition coefficient (Wildman–Crippen LogP) is 2.36. The third-order valence-corrected chi connectivity index (χ3v) is 4.40. The van der Waals surface area contributed by atoms with E-state index in [1.165, 1.54) is 0 Å². The van der Waals surface area contributed by atoms with Crippen molar-refractivity contribution in [3.05, 3.63) is 35.4 Å². The molecule has 1 fully saturated rings. The maximum Gasteiger partial charge on any atom is 0.276 e. The number of hydrogen-bond donors (Lipinski definition) is 0. The van der Waals surface area contributed by atoms with Gasteiger partial charge in [0.2, 0.25) is 0 Å². The van der Waals surface area contributed by atoms with Gasteiger partial charge in [-0.2, -0.15) is 10.2 Å². The molecule has 1 aliphatic heterocycles. The number of amides is 1. The second-order valence-corrected chi connectivity index (χ2v) is 6.11. The first kappa shape index (κ1) is 15.1. The molecule has 2 aromatic heterocycles. The van der Waals surface area contributed by atoms with E-state index in [1.54, 1.807) is 24.1 Å². The number of aromatic nitrogens is 4. The summed E-state index contributed by atoms with van der Waals surface area (Å²) in [5.74, 6) is -0.0595. The van der Waals surface area contributed by atoms with Crippen LogP contribution in [0.3, 0.4) is 0 Å². The van der Waals surface area contributed by atoms with Crippen LogP contribution in [0.25, 0.3) is 0 Å². The maximum absolute atomic E-state index is 12.7. The Morgan fingerprint density at radius 2 is 2.32 bits per heavy atom. The van der Waals surface area contributed by atoms with E-state index in [9.17, 15) is 4.79 Å². The van der Waals surface area contributed by atoms with Gasteiger partial charge in [-0.3, -0.25) is 14.2 Å². The third-order valence-electron chi connectivity index (χ3n) is 4.13. The van der Waals surface area contributed by atoms with Crippen molar-refractivity contribution < 1.29 is 4.79 Å². The van der Waals surface area contributed by atoms with Gasteiger partial charge in [-0.1, -0.05) is 11.6 Å². The third kappa shape index (κ3) is 3.16. The van der Waals surface area contributed by atoms with Gasteiger partial charge in [0.1, 0.15) is 0 Å². The summed E-state index contributed by atoms with van der Waals surface area (Å²) in [5, 5.41) is 8.85. The highest BCUT2D eigenvalue weighted by Crippen LogP contribution is 2.24. The summed E-state index contributed by atoms with van der Waals surface area (Å²) in [7, 11) is 1.77. The second-order valence-electron chi connectivity index (χ2n) is 5.71. The molecule has 118 valence electrons. The first-order valence-electron chi connectivity index (χ1n) is 7.62. The minimum Gasteiger partial charge on any atom is -0.334 e. The number of likely N-dealkylation sites (tertiary alicyclic amines) is 1. The van der Waals surface area contributed by atoms with E-state index in [-0.39, 0.29) is 11.9 Å². The fourth-order valence-electron chi connectivity index (χ4n) is 3.02. The SMILES string of the molecule is Cn1cc(Cl)c(C(=O)N2CCCC[C@H]2CCn2cccn2)n1. The van der Waals surface area contributed by atoms with Gasteiger partial charge in [-0.25, -0.2) is 0 Å². The zero-order chi connectivity index (χ0) is 15.5. The van der Waals surface area contributed by atoms with E-state index in [1.807, 2.05) is 21.8 Å². The topological polar surface area (TPSA) is 56.0 Å². The van der Waals surface area contributed by atoms with Crippen molar-refractivity contribution >= 4 is 17.5 Å². The zero-order valence-corrected chi connectivity index (χ0v) is 13.4. The van der Waals surface area contributed by atoms with Gasteiger partial charge < -0.3 is 4.90 Å². The number of hydrogen-bond acceptors (Lipinski definition) is 3. The summed E-state index contributed by atoms with van der Waals surface area (Å²) in [6, 6.07) is 2.14. The van der Waals surface area contributed by atoms with Crippen molar-refractivity contribution in [2.45, 2.75) is 38.3 Å². The smallest absolute Gasteiger partial charge is 0.276 e. The molecule has 22 heavy (non-hydrogen) atoms. The number of nitrogens with zero attached hydrogens (tertiary/aromatic N) is 5. The molecule has 1 aliphatic rings. The van der Waals surface area contributed by atoms with E-state index in [2.05, 4.69) is 10.2 Å². The van der Waals surface area contributed by atoms with Crippen LogP contribution in [-0.2, 0) is 13.6 Å². The van der Waals surface area contributed by atoms with Crippen LogP contribution in [0.15, 0.2) is 24.7 Å². The summed E-state index contributed by atoms with van der Waals surface area (Å²) < 4.78 is 3.49. The highest BCUT2D eigenvalue weighted by Gasteiger charge is 2.30. The maximum atomic E-state index is 12.7. The van der Waals surface area contributed by atoms with Crippen LogP contribution in [0.4, 0.5) is 0 Å². The molecule has 0 spiro atoms. The number of halogens is 1. The van der Waals surface area contributed by atoms with Crippen molar-refractivity contribution in [1.29, 1.82) is 0 Å². The average Bonchev–Trinajstić information content (AvgIpc) is 3.14. The molecule has 1 saturated heterocycles. The Bertz CT molecular complexity index is 636. The van der Waals surface area contributed by atoms with Crippen LogP contribution < -0.4 is 0 Å². The van der Waals surface area contributed by atoms with Gasteiger partial charge in [0.15, 0.2) is 5.69 Å². The number of piperidine rings is 1. The molecule has 1 atom stereocenters. The fourth-order valence-corrected chi connectivity index (χ4v) is 3.28. The van der Waals surface area contributed by atoms with Crippen LogP contribution in [0.1, 0.15) is 36.2 Å². The number of aryl methyl sites for hydroxylation is 2. The Hall–Kier alpha value is -1.82. The van der Waals surface area contributed by atoms with E-state index in [4.69, 9.17) is 11.6 Å². The van der Waals surface area contributed by atoms with Gasteiger partial charge in [0, 0.05) is 44.8 Å². The zero-order valence-electron chi connectivity index (χ0n) is 12.7. The fraction of sp³-hybridized carbons (Fsp3) is 0.533. The minimum atomic E-state index is -0.0595. The molecule has 3 rings (SSSR count). The molecule has 0 aromatic carbocycles. The van der Waals surface area contributed by atoms with Crippen LogP contribution >= 0.6 is 11.6 Å². The molecule has 1 amide bonds. The van der Waals surface area contributed by atoms with E-state index in [0.717, 1.165) is 38.8 Å². The van der Waals surface area contributed by atoms with Gasteiger partial charge in [-0.15, -0.1) is 0 Å². The summed E-state index contributed by atoms with van der Waals surface area (Å²) in [6.45, 7) is 1.59. The molecule has 0 bridgehead atoms. The lowest BCUT2D eigenvalue weighted by Crippen LogP contribution is -2.44. The van der Waals surface area contributed by atoms with Crippen molar-refractivity contribution in [3.8, 4) is 0 Å². The number of rotatable bonds is 4. The second kappa shape index (κ2) is 6.52. The molecule has 0 aliphatic carbocycles. The Balaban J connectivity index is 1.71. The predicted molar refractivity (Wildman–Crippen MR) is 83.7 cm³/mol. The molecule has 3 heterocycles. The molecule has 2 aromatic rings. The normalized spacial score (nSPS) is 18.6. The van der Waals surface area contributed by atoms with E-state index in [0.29, 0.717) is 10.7 Å². The summed E-state index contributed by atoms with van der Waals surface area (Å²) in [4.78, 5) is 14.7. The molecule has 7 heteroatoms. The lowest BCUT2D eigenvalue weighted by atomic mass is 9.99. The van der Waals surface area contributed by atoms with Crippen LogP contribution in [0, 0.1) is 0 Å². The molecule has 0 N–H and O–H groups in total. The van der Waals surface area contributed by atoms with Crippen molar-refractivity contribution in [1.82, 2.24) is 24.5 Å². The van der Waals surface area contributed by atoms with Gasteiger partial charge in [0.05, 0.1) is 5.02 Å². The van der Waals surface area contributed by atoms with Gasteiger partial charge in [-0.05, 0) is 31.7 Å². The highest BCUT2D eigenvalue weighted by molar-refractivity contribution is 6.33. The van der Waals surface area contributed by atoms with Crippen molar-refractivity contribution in [2.24, 2.45) is 7.05 Å². The van der Waals surface area contributed by atoms with Gasteiger partial charge >= 0.3 is 0 Å². The van der Waals surface area contributed by atoms with Crippen LogP contribution in [-0.4, -0.2) is 43.0 Å². The Morgan fingerprint density at radius 3 is 3.00 bits per heavy atom. The number of carbonyl (C=O) groups excluding carboxylic acids is 1. The van der Waals surface area contributed by atoms with Crippen molar-refractivity contribution in [2.75, 3.05) is 6.54 Å². The lowest BCUT2D eigenvalue weighted by molar-refractivity contribution is 0.0587. The van der Waals surface area contributed by atoms with E-state index >= 15 is 0 Å². The highest BCUT2D eigenvalue weighted by atomic mass is 35.5. The van der Waals surface area contributed by atoms with Crippen LogP contribution in [0.2, 0.25) is 5.02 Å². The monoisotopic (exact) mass is 321 g/mol. The Morgan fingerprint density at radius 1 is 1.45 bits per heavy atom. The van der Waals surface area contributed by atoms with E-state index < -0.39 is 0 Å². The molecular formula is C15H20ClN5O. The minimum absolute atomic E-state index is 0.0595. The van der Waals surface area contributed by atoms with Gasteiger partial charge in [0.25, 0.3) is 5.91 Å². The summed E-state index contributed by atoms with van der Waals surface area (Å²) in [5.41, 5.74) is 0.357. The van der Waals surface area contributed by atoms with Crippen molar-refractivity contribution in [3.63, 3.8) is 0 Å². The molecule has 0 unspecified atom stereocenters.